The average molecular weight is 249 g/mol. The lowest BCUT2D eigenvalue weighted by atomic mass is 10.2. The highest BCUT2D eigenvalue weighted by atomic mass is 32.2. The van der Waals surface area contributed by atoms with E-state index in [0.29, 0.717) is 19.5 Å². The van der Waals surface area contributed by atoms with Crippen molar-refractivity contribution in [1.29, 1.82) is 0 Å². The van der Waals surface area contributed by atoms with E-state index in [1.165, 1.54) is 0 Å². The van der Waals surface area contributed by atoms with Crippen LogP contribution in [0.2, 0.25) is 0 Å². The second-order valence-electron chi connectivity index (χ2n) is 4.13. The summed E-state index contributed by atoms with van der Waals surface area (Å²) >= 11 is 0. The first-order valence-corrected chi connectivity index (χ1v) is 7.04. The summed E-state index contributed by atoms with van der Waals surface area (Å²) in [5.74, 6) is -0.884. The Kier molecular flexibility index (Phi) is 5.37. The van der Waals surface area contributed by atoms with E-state index in [0.717, 1.165) is 6.42 Å². The molecule has 1 fully saturated rings. The van der Waals surface area contributed by atoms with E-state index in [9.17, 15) is 9.00 Å². The van der Waals surface area contributed by atoms with Crippen LogP contribution in [0.15, 0.2) is 0 Å². The minimum absolute atomic E-state index is 0.0291. The molecule has 4 atom stereocenters. The molecule has 0 saturated carbocycles. The predicted octanol–water partition coefficient (Wildman–Crippen LogP) is -0.0248. The molecule has 0 aromatic rings. The number of aliphatic carboxylic acids is 1. The third-order valence-electron chi connectivity index (χ3n) is 2.75. The summed E-state index contributed by atoms with van der Waals surface area (Å²) in [5, 5.41) is 12.0. The Balaban J connectivity index is 2.16. The number of hydrogen-bond acceptors (Lipinski definition) is 4. The van der Waals surface area contributed by atoms with Crippen LogP contribution < -0.4 is 5.32 Å². The van der Waals surface area contributed by atoms with E-state index in [1.54, 1.807) is 6.26 Å². The van der Waals surface area contributed by atoms with Crippen molar-refractivity contribution in [2.45, 2.75) is 37.2 Å². The summed E-state index contributed by atoms with van der Waals surface area (Å²) in [7, 11) is -0.825. The molecule has 0 aliphatic carbocycles. The second kappa shape index (κ2) is 6.32. The second-order valence-corrected chi connectivity index (χ2v) is 5.93. The number of carboxylic acid groups (broad SMARTS) is 1. The Hall–Kier alpha value is -0.460. The Morgan fingerprint density at radius 1 is 1.62 bits per heavy atom. The van der Waals surface area contributed by atoms with E-state index < -0.39 is 22.9 Å². The normalized spacial score (nSPS) is 28.9. The quantitative estimate of drug-likeness (QED) is 0.691. The molecule has 0 radical (unpaired) electrons. The summed E-state index contributed by atoms with van der Waals surface area (Å²) in [5.41, 5.74) is 0. The van der Waals surface area contributed by atoms with E-state index in [4.69, 9.17) is 9.84 Å². The fourth-order valence-corrected chi connectivity index (χ4v) is 1.96. The first-order chi connectivity index (χ1) is 7.50. The molecule has 1 heterocycles. The Labute approximate surface area is 98.0 Å². The lowest BCUT2D eigenvalue weighted by Gasteiger charge is -2.14. The zero-order chi connectivity index (χ0) is 12.1. The van der Waals surface area contributed by atoms with E-state index in [-0.39, 0.29) is 11.4 Å². The maximum Gasteiger partial charge on any atom is 0.332 e. The molecule has 1 aliphatic heterocycles. The third-order valence-corrected chi connectivity index (χ3v) is 4.05. The lowest BCUT2D eigenvalue weighted by molar-refractivity contribution is -0.149. The fraction of sp³-hybridized carbons (Fsp3) is 0.900. The summed E-state index contributed by atoms with van der Waals surface area (Å²) < 4.78 is 16.4. The minimum Gasteiger partial charge on any atom is -0.479 e. The molecule has 0 spiro atoms. The van der Waals surface area contributed by atoms with Crippen LogP contribution in [-0.2, 0) is 20.3 Å². The zero-order valence-electron chi connectivity index (χ0n) is 9.64. The van der Waals surface area contributed by atoms with Crippen LogP contribution >= 0.6 is 0 Å². The Morgan fingerprint density at radius 3 is 2.81 bits per heavy atom. The number of rotatable bonds is 6. The lowest BCUT2D eigenvalue weighted by Crippen LogP contribution is -2.34. The number of nitrogens with one attached hydrogen (secondary N) is 1. The minimum atomic E-state index is -0.884. The maximum absolute atomic E-state index is 11.1. The van der Waals surface area contributed by atoms with Gasteiger partial charge in [-0.05, 0) is 19.8 Å². The Morgan fingerprint density at radius 2 is 2.31 bits per heavy atom. The highest BCUT2D eigenvalue weighted by Gasteiger charge is 2.30. The molecule has 1 aliphatic rings. The zero-order valence-corrected chi connectivity index (χ0v) is 10.5. The molecule has 16 heavy (non-hydrogen) atoms. The molecule has 94 valence electrons. The number of carboxylic acids is 1. The summed E-state index contributed by atoms with van der Waals surface area (Å²) in [6, 6.07) is 0. The van der Waals surface area contributed by atoms with Crippen LogP contribution in [0.25, 0.3) is 0 Å². The molecule has 6 heteroatoms. The van der Waals surface area contributed by atoms with Gasteiger partial charge in [0.2, 0.25) is 0 Å². The standard InChI is InChI=1S/C10H19NO4S/c1-7(16(2)14)5-11-6-8-3-4-9(15-8)10(12)13/h7-9,11H,3-6H2,1-2H3,(H,12,13). The van der Waals surface area contributed by atoms with Gasteiger partial charge in [0.1, 0.15) is 0 Å². The van der Waals surface area contributed by atoms with Crippen molar-refractivity contribution in [2.24, 2.45) is 0 Å². The molecule has 0 amide bonds. The Bertz CT molecular complexity index is 272. The van der Waals surface area contributed by atoms with Crippen molar-refractivity contribution in [3.05, 3.63) is 0 Å². The first kappa shape index (κ1) is 13.6. The molecular weight excluding hydrogens is 230 g/mol. The molecule has 1 rings (SSSR count). The summed E-state index contributed by atoms with van der Waals surface area (Å²) in [6.45, 7) is 3.21. The van der Waals surface area contributed by atoms with Crippen molar-refractivity contribution in [3.63, 3.8) is 0 Å². The van der Waals surface area contributed by atoms with Gasteiger partial charge in [-0.3, -0.25) is 4.21 Å². The predicted molar refractivity (Wildman–Crippen MR) is 61.9 cm³/mol. The van der Waals surface area contributed by atoms with Crippen molar-refractivity contribution in [2.75, 3.05) is 19.3 Å². The number of ether oxygens (including phenoxy) is 1. The summed E-state index contributed by atoms with van der Waals surface area (Å²) in [4.78, 5) is 10.6. The van der Waals surface area contributed by atoms with Gasteiger partial charge in [0.05, 0.1) is 6.10 Å². The topological polar surface area (TPSA) is 75.6 Å². The van der Waals surface area contributed by atoms with Crippen LogP contribution in [0.5, 0.6) is 0 Å². The molecule has 4 unspecified atom stereocenters. The van der Waals surface area contributed by atoms with Gasteiger partial charge in [-0.25, -0.2) is 4.79 Å². The smallest absolute Gasteiger partial charge is 0.332 e. The SMILES string of the molecule is CC(CNCC1CCC(C(=O)O)O1)S(C)=O. The molecule has 2 N–H and O–H groups in total. The highest BCUT2D eigenvalue weighted by Crippen LogP contribution is 2.19. The summed E-state index contributed by atoms with van der Waals surface area (Å²) in [6.07, 6.45) is 2.35. The molecule has 1 saturated heterocycles. The van der Waals surface area contributed by atoms with Gasteiger partial charge in [0.15, 0.2) is 6.10 Å². The third kappa shape index (κ3) is 4.19. The first-order valence-electron chi connectivity index (χ1n) is 5.42. The molecule has 0 aromatic heterocycles. The average Bonchev–Trinajstić information content (AvgIpc) is 2.66. The van der Waals surface area contributed by atoms with Crippen LogP contribution in [0.1, 0.15) is 19.8 Å². The van der Waals surface area contributed by atoms with Crippen LogP contribution in [0.3, 0.4) is 0 Å². The van der Waals surface area contributed by atoms with Crippen molar-refractivity contribution >= 4 is 16.8 Å². The molecular formula is C10H19NO4S. The van der Waals surface area contributed by atoms with Crippen molar-refractivity contribution in [1.82, 2.24) is 5.32 Å². The van der Waals surface area contributed by atoms with Gasteiger partial charge in [0, 0.05) is 35.4 Å². The van der Waals surface area contributed by atoms with Crippen molar-refractivity contribution < 1.29 is 18.8 Å². The van der Waals surface area contributed by atoms with E-state index in [2.05, 4.69) is 5.32 Å². The monoisotopic (exact) mass is 249 g/mol. The number of carbonyl (C=O) groups is 1. The molecule has 0 aromatic carbocycles. The van der Waals surface area contributed by atoms with Gasteiger partial charge < -0.3 is 15.2 Å². The van der Waals surface area contributed by atoms with Gasteiger partial charge in [-0.2, -0.15) is 0 Å². The van der Waals surface area contributed by atoms with Crippen LogP contribution in [0.4, 0.5) is 0 Å². The van der Waals surface area contributed by atoms with E-state index in [1.807, 2.05) is 6.92 Å². The van der Waals surface area contributed by atoms with Crippen LogP contribution in [-0.4, -0.2) is 52.1 Å². The number of hydrogen-bond donors (Lipinski definition) is 2. The highest BCUT2D eigenvalue weighted by molar-refractivity contribution is 7.84. The van der Waals surface area contributed by atoms with Gasteiger partial charge in [-0.15, -0.1) is 0 Å². The van der Waals surface area contributed by atoms with Crippen LogP contribution in [0, 0.1) is 0 Å². The van der Waals surface area contributed by atoms with Gasteiger partial charge >= 0.3 is 5.97 Å². The largest absolute Gasteiger partial charge is 0.479 e. The molecule has 0 bridgehead atoms. The van der Waals surface area contributed by atoms with Gasteiger partial charge in [0.25, 0.3) is 0 Å². The van der Waals surface area contributed by atoms with E-state index >= 15 is 0 Å². The van der Waals surface area contributed by atoms with Crippen molar-refractivity contribution in [3.8, 4) is 0 Å². The van der Waals surface area contributed by atoms with Gasteiger partial charge in [-0.1, -0.05) is 0 Å². The molecule has 5 nitrogen and oxygen atoms in total. The maximum atomic E-state index is 11.1. The fourth-order valence-electron chi connectivity index (χ4n) is 1.60.